The summed E-state index contributed by atoms with van der Waals surface area (Å²) in [6, 6.07) is 8.51. The van der Waals surface area contributed by atoms with Gasteiger partial charge in [-0.05, 0) is 37.8 Å². The van der Waals surface area contributed by atoms with Gasteiger partial charge in [0.25, 0.3) is 0 Å². The zero-order chi connectivity index (χ0) is 22.3. The highest BCUT2D eigenvalue weighted by atomic mass is 16.2. The predicted octanol–water partition coefficient (Wildman–Crippen LogP) is 2.94. The molecule has 1 aliphatic rings. The molecule has 1 fully saturated rings. The van der Waals surface area contributed by atoms with Gasteiger partial charge in [-0.1, -0.05) is 37.1 Å². The smallest absolute Gasteiger partial charge is 0.230 e. The average Bonchev–Trinajstić information content (AvgIpc) is 3.40. The highest BCUT2D eigenvalue weighted by Gasteiger charge is 2.42. The fraction of sp³-hybridized carbons (Fsp3) is 0.542. The molecule has 0 saturated heterocycles. The molecule has 0 atom stereocenters. The number of benzene rings is 1. The minimum absolute atomic E-state index is 0.218. The summed E-state index contributed by atoms with van der Waals surface area (Å²) in [6.45, 7) is 6.86. The normalized spacial score (nSPS) is 15.7. The van der Waals surface area contributed by atoms with Crippen molar-refractivity contribution in [2.45, 2.75) is 52.6 Å². The number of aryl methyl sites for hydroxylation is 1. The number of amides is 1. The molecular weight excluding hydrogens is 388 g/mol. The highest BCUT2D eigenvalue weighted by Crippen LogP contribution is 2.38. The number of nitrogens with zero attached hydrogens (tertiary/aromatic N) is 4. The number of nitrogens with one attached hydrogen (secondary N) is 2. The van der Waals surface area contributed by atoms with Crippen molar-refractivity contribution in [3.63, 3.8) is 0 Å². The largest absolute Gasteiger partial charge is 0.357 e. The van der Waals surface area contributed by atoms with Crippen LogP contribution >= 0.6 is 0 Å². The summed E-state index contributed by atoms with van der Waals surface area (Å²) in [5.74, 6) is 1.99. The van der Waals surface area contributed by atoms with Crippen molar-refractivity contribution in [2.75, 3.05) is 27.2 Å². The topological polar surface area (TPSA) is 74.5 Å². The average molecular weight is 425 g/mol. The van der Waals surface area contributed by atoms with E-state index in [-0.39, 0.29) is 11.3 Å². The standard InChI is InChI=1S/C24H36N6O/c1-5-25-23(28-18-24(11-6-7-12-24)22(31)29(3)4)27-16-20-9-8-10-21(15-20)17-30-14-13-26-19(30)2/h8-10,13-15H,5-7,11-12,16-18H2,1-4H3,(H2,25,27,28). The van der Waals surface area contributed by atoms with Crippen LogP contribution in [0.25, 0.3) is 0 Å². The van der Waals surface area contributed by atoms with Crippen molar-refractivity contribution in [3.8, 4) is 0 Å². The first kappa shape index (κ1) is 22.8. The second kappa shape index (κ2) is 10.5. The predicted molar refractivity (Wildman–Crippen MR) is 125 cm³/mol. The quantitative estimate of drug-likeness (QED) is 0.505. The summed E-state index contributed by atoms with van der Waals surface area (Å²) in [5, 5.41) is 6.77. The fourth-order valence-corrected chi connectivity index (χ4v) is 4.35. The molecule has 0 unspecified atom stereocenters. The Labute approximate surface area is 186 Å². The van der Waals surface area contributed by atoms with Gasteiger partial charge in [0, 0.05) is 46.1 Å². The molecule has 1 aromatic carbocycles. The molecule has 2 aromatic rings. The molecule has 3 rings (SSSR count). The van der Waals surface area contributed by atoms with Gasteiger partial charge in [0.05, 0.1) is 12.0 Å². The Kier molecular flexibility index (Phi) is 7.71. The van der Waals surface area contributed by atoms with Crippen LogP contribution in [-0.4, -0.2) is 53.5 Å². The van der Waals surface area contributed by atoms with E-state index in [0.29, 0.717) is 13.1 Å². The van der Waals surface area contributed by atoms with E-state index in [1.165, 1.54) is 5.56 Å². The van der Waals surface area contributed by atoms with Gasteiger partial charge in [-0.15, -0.1) is 0 Å². The van der Waals surface area contributed by atoms with Crippen LogP contribution in [-0.2, 0) is 17.9 Å². The van der Waals surface area contributed by atoms with Gasteiger partial charge in [-0.2, -0.15) is 0 Å². The summed E-state index contributed by atoms with van der Waals surface area (Å²) in [6.07, 6.45) is 7.92. The first-order valence-corrected chi connectivity index (χ1v) is 11.2. The highest BCUT2D eigenvalue weighted by molar-refractivity contribution is 5.85. The van der Waals surface area contributed by atoms with Crippen LogP contribution in [0.2, 0.25) is 0 Å². The van der Waals surface area contributed by atoms with Crippen LogP contribution in [0.5, 0.6) is 0 Å². The van der Waals surface area contributed by atoms with E-state index in [9.17, 15) is 4.79 Å². The third-order valence-corrected chi connectivity index (χ3v) is 6.05. The molecule has 31 heavy (non-hydrogen) atoms. The number of aliphatic imine (C=N–C) groups is 1. The Balaban J connectivity index is 1.66. The van der Waals surface area contributed by atoms with Crippen LogP contribution in [0.15, 0.2) is 41.7 Å². The number of carbonyl (C=O) groups excluding carboxylic acids is 1. The van der Waals surface area contributed by atoms with Gasteiger partial charge >= 0.3 is 0 Å². The molecule has 168 valence electrons. The summed E-state index contributed by atoms with van der Waals surface area (Å²) < 4.78 is 2.14. The van der Waals surface area contributed by atoms with E-state index >= 15 is 0 Å². The summed E-state index contributed by atoms with van der Waals surface area (Å²) in [4.78, 5) is 23.6. The molecule has 1 aliphatic carbocycles. The molecule has 2 N–H and O–H groups in total. The molecule has 1 amide bonds. The molecule has 1 aromatic heterocycles. The number of hydrogen-bond donors (Lipinski definition) is 2. The molecule has 1 saturated carbocycles. The number of rotatable bonds is 8. The van der Waals surface area contributed by atoms with Crippen LogP contribution in [0.4, 0.5) is 0 Å². The Hall–Kier alpha value is -2.83. The van der Waals surface area contributed by atoms with Gasteiger partial charge in [-0.25, -0.2) is 9.98 Å². The minimum Gasteiger partial charge on any atom is -0.357 e. The first-order chi connectivity index (χ1) is 14.9. The molecular formula is C24H36N6O. The van der Waals surface area contributed by atoms with Crippen LogP contribution < -0.4 is 10.6 Å². The molecule has 0 radical (unpaired) electrons. The maximum atomic E-state index is 12.8. The van der Waals surface area contributed by atoms with Gasteiger partial charge in [0.2, 0.25) is 5.91 Å². The van der Waals surface area contributed by atoms with E-state index < -0.39 is 0 Å². The van der Waals surface area contributed by atoms with Gasteiger partial charge in [-0.3, -0.25) is 4.79 Å². The molecule has 1 heterocycles. The molecule has 0 bridgehead atoms. The van der Waals surface area contributed by atoms with E-state index in [0.717, 1.165) is 56.1 Å². The number of carbonyl (C=O) groups is 1. The summed E-state index contributed by atoms with van der Waals surface area (Å²) in [5.41, 5.74) is 2.07. The van der Waals surface area contributed by atoms with E-state index in [4.69, 9.17) is 4.99 Å². The summed E-state index contributed by atoms with van der Waals surface area (Å²) >= 11 is 0. The van der Waals surface area contributed by atoms with Crippen molar-refractivity contribution in [3.05, 3.63) is 53.6 Å². The molecule has 7 nitrogen and oxygen atoms in total. The Morgan fingerprint density at radius 3 is 2.61 bits per heavy atom. The number of hydrogen-bond acceptors (Lipinski definition) is 3. The lowest BCUT2D eigenvalue weighted by atomic mass is 9.84. The Bertz CT molecular complexity index is 895. The zero-order valence-corrected chi connectivity index (χ0v) is 19.3. The Morgan fingerprint density at radius 2 is 1.97 bits per heavy atom. The van der Waals surface area contributed by atoms with Crippen molar-refractivity contribution >= 4 is 11.9 Å². The van der Waals surface area contributed by atoms with Crippen molar-refractivity contribution in [2.24, 2.45) is 10.4 Å². The van der Waals surface area contributed by atoms with E-state index in [1.54, 1.807) is 4.90 Å². The fourth-order valence-electron chi connectivity index (χ4n) is 4.35. The third kappa shape index (κ3) is 5.87. The van der Waals surface area contributed by atoms with Crippen LogP contribution in [0.3, 0.4) is 0 Å². The maximum Gasteiger partial charge on any atom is 0.230 e. The van der Waals surface area contributed by atoms with E-state index in [1.807, 2.05) is 33.4 Å². The molecule has 0 aliphatic heterocycles. The second-order valence-corrected chi connectivity index (χ2v) is 8.66. The monoisotopic (exact) mass is 424 g/mol. The van der Waals surface area contributed by atoms with Crippen molar-refractivity contribution in [1.29, 1.82) is 0 Å². The van der Waals surface area contributed by atoms with Crippen LogP contribution in [0.1, 0.15) is 49.6 Å². The first-order valence-electron chi connectivity index (χ1n) is 11.2. The Morgan fingerprint density at radius 1 is 1.23 bits per heavy atom. The SMILES string of the molecule is CCNC(=NCc1cccc(Cn2ccnc2C)c1)NCC1(C(=O)N(C)C)CCCC1. The van der Waals surface area contributed by atoms with Crippen LogP contribution in [0, 0.1) is 12.3 Å². The lowest BCUT2D eigenvalue weighted by molar-refractivity contribution is -0.138. The van der Waals surface area contributed by atoms with Gasteiger partial charge in [0.1, 0.15) is 5.82 Å². The van der Waals surface area contributed by atoms with E-state index in [2.05, 4.69) is 51.4 Å². The maximum absolute atomic E-state index is 12.8. The molecule has 7 heteroatoms. The molecule has 0 spiro atoms. The number of guanidine groups is 1. The van der Waals surface area contributed by atoms with Gasteiger partial charge < -0.3 is 20.1 Å². The second-order valence-electron chi connectivity index (χ2n) is 8.66. The lowest BCUT2D eigenvalue weighted by Crippen LogP contribution is -2.49. The lowest BCUT2D eigenvalue weighted by Gasteiger charge is -2.31. The van der Waals surface area contributed by atoms with Crippen molar-refractivity contribution < 1.29 is 4.79 Å². The zero-order valence-electron chi connectivity index (χ0n) is 19.3. The summed E-state index contributed by atoms with van der Waals surface area (Å²) in [7, 11) is 3.69. The minimum atomic E-state index is -0.317. The van der Waals surface area contributed by atoms with Gasteiger partial charge in [0.15, 0.2) is 5.96 Å². The number of imidazole rings is 1. The number of aromatic nitrogens is 2. The van der Waals surface area contributed by atoms with Crippen molar-refractivity contribution in [1.82, 2.24) is 25.1 Å². The third-order valence-electron chi connectivity index (χ3n) is 6.05.